The molecule has 5 nitrogen and oxygen atoms in total. The number of anilines is 1. The summed E-state index contributed by atoms with van der Waals surface area (Å²) < 4.78 is 5.66. The molecule has 0 amide bonds. The molecule has 1 fully saturated rings. The first-order valence-electron chi connectivity index (χ1n) is 7.17. The highest BCUT2D eigenvalue weighted by Crippen LogP contribution is 2.14. The van der Waals surface area contributed by atoms with Crippen LogP contribution < -0.4 is 10.2 Å². The molecule has 1 saturated heterocycles. The molecule has 1 atom stereocenters. The zero-order valence-electron chi connectivity index (χ0n) is 11.9. The maximum Gasteiger partial charge on any atom is 0.147 e. The van der Waals surface area contributed by atoms with Crippen LogP contribution in [0.25, 0.3) is 0 Å². The topological polar surface area (TPSA) is 50.3 Å². The Labute approximate surface area is 115 Å². The number of aromatic nitrogens is 2. The second kappa shape index (κ2) is 7.40. The Morgan fingerprint density at radius 3 is 3.21 bits per heavy atom. The summed E-state index contributed by atoms with van der Waals surface area (Å²) in [7, 11) is 0. The van der Waals surface area contributed by atoms with E-state index in [2.05, 4.69) is 34.0 Å². The van der Waals surface area contributed by atoms with E-state index in [-0.39, 0.29) is 6.10 Å². The van der Waals surface area contributed by atoms with Gasteiger partial charge in [-0.25, -0.2) is 4.98 Å². The van der Waals surface area contributed by atoms with E-state index in [0.29, 0.717) is 0 Å². The van der Waals surface area contributed by atoms with Crippen molar-refractivity contribution in [3.05, 3.63) is 18.1 Å². The normalized spacial score (nSPS) is 20.3. The van der Waals surface area contributed by atoms with Crippen molar-refractivity contribution in [1.29, 1.82) is 0 Å². The van der Waals surface area contributed by atoms with Crippen LogP contribution in [0.1, 0.15) is 32.4 Å². The lowest BCUT2D eigenvalue weighted by atomic mass is 10.3. The highest BCUT2D eigenvalue weighted by atomic mass is 16.5. The quantitative estimate of drug-likeness (QED) is 0.819. The molecule has 0 aliphatic carbocycles. The molecule has 1 N–H and O–H groups in total. The standard InChI is InChI=1S/C14H24N4O/c1-3-5-15-8-13-9-16-10-14(17-13)18-6-4-7-19-12(2)11-18/h9-10,12,15H,3-8,11H2,1-2H3. The van der Waals surface area contributed by atoms with Crippen LogP contribution >= 0.6 is 0 Å². The van der Waals surface area contributed by atoms with E-state index in [0.717, 1.165) is 57.1 Å². The van der Waals surface area contributed by atoms with E-state index in [4.69, 9.17) is 4.74 Å². The Bertz CT molecular complexity index is 385. The van der Waals surface area contributed by atoms with Crippen LogP contribution in [0, 0.1) is 0 Å². The van der Waals surface area contributed by atoms with Crippen LogP contribution in [-0.2, 0) is 11.3 Å². The maximum absolute atomic E-state index is 5.66. The summed E-state index contributed by atoms with van der Waals surface area (Å²) in [4.78, 5) is 11.3. The molecule has 19 heavy (non-hydrogen) atoms. The van der Waals surface area contributed by atoms with Gasteiger partial charge in [-0.2, -0.15) is 0 Å². The zero-order chi connectivity index (χ0) is 13.5. The third kappa shape index (κ3) is 4.44. The van der Waals surface area contributed by atoms with Crippen LogP contribution in [0.3, 0.4) is 0 Å². The molecule has 106 valence electrons. The molecule has 0 bridgehead atoms. The molecule has 0 aromatic carbocycles. The third-order valence-corrected chi connectivity index (χ3v) is 3.18. The van der Waals surface area contributed by atoms with Gasteiger partial charge in [-0.1, -0.05) is 6.92 Å². The van der Waals surface area contributed by atoms with Crippen LogP contribution in [0.4, 0.5) is 5.82 Å². The molecule has 2 heterocycles. The Morgan fingerprint density at radius 1 is 1.47 bits per heavy atom. The van der Waals surface area contributed by atoms with Crippen molar-refractivity contribution in [1.82, 2.24) is 15.3 Å². The Balaban J connectivity index is 2.00. The minimum atomic E-state index is 0.256. The van der Waals surface area contributed by atoms with E-state index in [1.807, 2.05) is 12.4 Å². The largest absolute Gasteiger partial charge is 0.377 e. The van der Waals surface area contributed by atoms with E-state index < -0.39 is 0 Å². The molecule has 1 aliphatic heterocycles. The van der Waals surface area contributed by atoms with Crippen LogP contribution in [-0.4, -0.2) is 42.3 Å². The molecular weight excluding hydrogens is 240 g/mol. The summed E-state index contributed by atoms with van der Waals surface area (Å²) in [5.41, 5.74) is 1.00. The van der Waals surface area contributed by atoms with Crippen molar-refractivity contribution in [2.24, 2.45) is 0 Å². The van der Waals surface area contributed by atoms with Gasteiger partial charge in [0.25, 0.3) is 0 Å². The SMILES string of the molecule is CCCNCc1cncc(N2CCCOC(C)C2)n1. The van der Waals surface area contributed by atoms with Gasteiger partial charge in [-0.3, -0.25) is 4.98 Å². The molecule has 5 heteroatoms. The number of hydrogen-bond donors (Lipinski definition) is 1. The van der Waals surface area contributed by atoms with Gasteiger partial charge in [-0.15, -0.1) is 0 Å². The molecular formula is C14H24N4O. The summed E-state index contributed by atoms with van der Waals surface area (Å²) in [5.74, 6) is 0.966. The van der Waals surface area contributed by atoms with Gasteiger partial charge in [-0.05, 0) is 26.3 Å². The average molecular weight is 264 g/mol. The molecule has 0 spiro atoms. The maximum atomic E-state index is 5.66. The Kier molecular flexibility index (Phi) is 5.54. The van der Waals surface area contributed by atoms with Crippen molar-refractivity contribution in [3.8, 4) is 0 Å². The fraction of sp³-hybridized carbons (Fsp3) is 0.714. The van der Waals surface area contributed by atoms with Crippen molar-refractivity contribution in [2.45, 2.75) is 39.3 Å². The lowest BCUT2D eigenvalue weighted by Crippen LogP contribution is -2.31. The molecule has 1 unspecified atom stereocenters. The van der Waals surface area contributed by atoms with E-state index in [1.165, 1.54) is 0 Å². The number of hydrogen-bond acceptors (Lipinski definition) is 5. The highest BCUT2D eigenvalue weighted by Gasteiger charge is 2.16. The number of rotatable bonds is 5. The monoisotopic (exact) mass is 264 g/mol. The fourth-order valence-corrected chi connectivity index (χ4v) is 2.23. The third-order valence-electron chi connectivity index (χ3n) is 3.18. The molecule has 1 aliphatic rings. The Hall–Kier alpha value is -1.20. The minimum absolute atomic E-state index is 0.256. The molecule has 2 rings (SSSR count). The predicted molar refractivity (Wildman–Crippen MR) is 76.3 cm³/mol. The minimum Gasteiger partial charge on any atom is -0.377 e. The first-order valence-corrected chi connectivity index (χ1v) is 7.17. The number of nitrogens with zero attached hydrogens (tertiary/aromatic N) is 3. The van der Waals surface area contributed by atoms with Crippen molar-refractivity contribution in [2.75, 3.05) is 31.1 Å². The lowest BCUT2D eigenvalue weighted by Gasteiger charge is -2.23. The van der Waals surface area contributed by atoms with Gasteiger partial charge in [0.2, 0.25) is 0 Å². The molecule has 1 aromatic heterocycles. The smallest absolute Gasteiger partial charge is 0.147 e. The number of ether oxygens (including phenoxy) is 1. The molecule has 0 saturated carbocycles. The summed E-state index contributed by atoms with van der Waals surface area (Å²) in [6.07, 6.45) is 6.12. The first kappa shape index (κ1) is 14.2. The van der Waals surface area contributed by atoms with Gasteiger partial charge >= 0.3 is 0 Å². The number of nitrogens with one attached hydrogen (secondary N) is 1. The lowest BCUT2D eigenvalue weighted by molar-refractivity contribution is 0.0820. The average Bonchev–Trinajstić information content (AvgIpc) is 2.64. The van der Waals surface area contributed by atoms with Gasteiger partial charge < -0.3 is 15.0 Å². The summed E-state index contributed by atoms with van der Waals surface area (Å²) in [6, 6.07) is 0. The first-order chi connectivity index (χ1) is 9.29. The van der Waals surface area contributed by atoms with Gasteiger partial charge in [0.15, 0.2) is 0 Å². The second-order valence-electron chi connectivity index (χ2n) is 5.03. The van der Waals surface area contributed by atoms with Crippen LogP contribution in [0.15, 0.2) is 12.4 Å². The van der Waals surface area contributed by atoms with Crippen molar-refractivity contribution >= 4 is 5.82 Å². The van der Waals surface area contributed by atoms with Crippen LogP contribution in [0.2, 0.25) is 0 Å². The summed E-state index contributed by atoms with van der Waals surface area (Å²) in [5, 5.41) is 3.36. The van der Waals surface area contributed by atoms with Crippen molar-refractivity contribution < 1.29 is 4.74 Å². The predicted octanol–water partition coefficient (Wildman–Crippen LogP) is 1.59. The van der Waals surface area contributed by atoms with Gasteiger partial charge in [0, 0.05) is 32.4 Å². The highest BCUT2D eigenvalue weighted by molar-refractivity contribution is 5.36. The zero-order valence-corrected chi connectivity index (χ0v) is 11.9. The Morgan fingerprint density at radius 2 is 2.37 bits per heavy atom. The summed E-state index contributed by atoms with van der Waals surface area (Å²) >= 11 is 0. The van der Waals surface area contributed by atoms with E-state index >= 15 is 0 Å². The molecule has 0 radical (unpaired) electrons. The van der Waals surface area contributed by atoms with E-state index in [1.54, 1.807) is 0 Å². The molecule has 1 aromatic rings. The van der Waals surface area contributed by atoms with Gasteiger partial charge in [0.05, 0.1) is 18.0 Å². The van der Waals surface area contributed by atoms with Crippen molar-refractivity contribution in [3.63, 3.8) is 0 Å². The van der Waals surface area contributed by atoms with Gasteiger partial charge in [0.1, 0.15) is 5.82 Å². The summed E-state index contributed by atoms with van der Waals surface area (Å²) in [6.45, 7) is 8.79. The second-order valence-corrected chi connectivity index (χ2v) is 5.03. The van der Waals surface area contributed by atoms with E-state index in [9.17, 15) is 0 Å². The fourth-order valence-electron chi connectivity index (χ4n) is 2.23. The van der Waals surface area contributed by atoms with Crippen LogP contribution in [0.5, 0.6) is 0 Å².